The fourth-order valence-electron chi connectivity index (χ4n) is 4.59. The number of aliphatic hydroxyl groups is 1. The van der Waals surface area contributed by atoms with Crippen LogP contribution >= 0.6 is 0 Å². The molecule has 1 aliphatic carbocycles. The first kappa shape index (κ1) is 23.9. The Morgan fingerprint density at radius 2 is 2.14 bits per heavy atom. The Bertz CT molecular complexity index is 598. The Hall–Kier alpha value is -1.36. The number of fused-ring (bicyclic) bond motifs is 1. The number of hydrogen-bond acceptors (Lipinski definition) is 4. The number of ether oxygens (including phenoxy) is 2. The zero-order chi connectivity index (χ0) is 21.6. The summed E-state index contributed by atoms with van der Waals surface area (Å²) in [4.78, 5) is 11.2. The summed E-state index contributed by atoms with van der Waals surface area (Å²) in [7, 11) is 1.37. The lowest BCUT2D eigenvalue weighted by Gasteiger charge is -2.29. The van der Waals surface area contributed by atoms with Gasteiger partial charge >= 0.3 is 5.97 Å². The van der Waals surface area contributed by atoms with Gasteiger partial charge in [0, 0.05) is 12.3 Å². The van der Waals surface area contributed by atoms with Crippen molar-refractivity contribution in [1.82, 2.24) is 0 Å². The predicted molar refractivity (Wildman–Crippen MR) is 113 cm³/mol. The average Bonchev–Trinajstić information content (AvgIpc) is 3.16. The van der Waals surface area contributed by atoms with E-state index in [1.165, 1.54) is 7.11 Å². The van der Waals surface area contributed by atoms with Crippen LogP contribution in [0.15, 0.2) is 24.0 Å². The van der Waals surface area contributed by atoms with E-state index in [1.54, 1.807) is 6.08 Å². The Morgan fingerprint density at radius 3 is 2.79 bits per heavy atom. The van der Waals surface area contributed by atoms with Crippen LogP contribution in [0.3, 0.4) is 0 Å². The van der Waals surface area contributed by atoms with Gasteiger partial charge in [0.15, 0.2) is 6.17 Å². The lowest BCUT2D eigenvalue weighted by atomic mass is 9.80. The highest BCUT2D eigenvalue weighted by Crippen LogP contribution is 2.50. The first-order chi connectivity index (χ1) is 13.7. The molecule has 1 saturated carbocycles. The van der Waals surface area contributed by atoms with Crippen molar-refractivity contribution in [1.29, 1.82) is 0 Å². The second kappa shape index (κ2) is 10.6. The molecule has 2 aliphatic rings. The average molecular weight is 411 g/mol. The van der Waals surface area contributed by atoms with Crippen molar-refractivity contribution < 1.29 is 23.8 Å². The fraction of sp³-hybridized carbons (Fsp3) is 0.792. The zero-order valence-corrected chi connectivity index (χ0v) is 18.7. The smallest absolute Gasteiger partial charge is 0.305 e. The number of unbranched alkanes of at least 4 members (excludes halogenated alkanes) is 2. The number of carbonyl (C=O) groups excluding carboxylic acids is 1. The van der Waals surface area contributed by atoms with Crippen LogP contribution in [0.1, 0.15) is 72.6 Å². The number of alkyl halides is 1. The van der Waals surface area contributed by atoms with Gasteiger partial charge in [-0.1, -0.05) is 52.7 Å². The lowest BCUT2D eigenvalue weighted by Crippen LogP contribution is -2.28. The molecule has 0 amide bonds. The minimum absolute atomic E-state index is 0.0626. The standard InChI is InChI=1S/C24H39FO4/c1-6-7-14-24(3,4)20(26)13-12-17-16(2)15-19-22(17)23(25)18(29-19)10-8-9-11-21(27)28-5/h10,12-13,16-17,19-20,22-23,26H,6-9,11,14-15H2,1-5H3/t16-,17+,19+,20-,22-,23-/m1/s1. The molecule has 0 aromatic carbocycles. The molecule has 1 heterocycles. The minimum atomic E-state index is -1.12. The minimum Gasteiger partial charge on any atom is -0.492 e. The first-order valence-corrected chi connectivity index (χ1v) is 11.1. The van der Waals surface area contributed by atoms with Gasteiger partial charge in [0.25, 0.3) is 0 Å². The Balaban J connectivity index is 1.98. The van der Waals surface area contributed by atoms with Crippen LogP contribution in [0, 0.1) is 23.2 Å². The molecule has 0 radical (unpaired) electrons. The van der Waals surface area contributed by atoms with Crippen molar-refractivity contribution in [3.8, 4) is 0 Å². The van der Waals surface area contributed by atoms with E-state index >= 15 is 4.39 Å². The summed E-state index contributed by atoms with van der Waals surface area (Å²) in [5, 5.41) is 10.7. The zero-order valence-electron chi connectivity index (χ0n) is 18.7. The van der Waals surface area contributed by atoms with E-state index in [0.717, 1.165) is 25.7 Å². The summed E-state index contributed by atoms with van der Waals surface area (Å²) < 4.78 is 25.7. The van der Waals surface area contributed by atoms with Crippen molar-refractivity contribution in [2.24, 2.45) is 23.2 Å². The maximum atomic E-state index is 15.2. The van der Waals surface area contributed by atoms with E-state index in [0.29, 0.717) is 30.9 Å². The van der Waals surface area contributed by atoms with E-state index in [9.17, 15) is 9.90 Å². The second-order valence-corrected chi connectivity index (χ2v) is 9.42. The van der Waals surface area contributed by atoms with Crippen LogP contribution in [-0.2, 0) is 14.3 Å². The summed E-state index contributed by atoms with van der Waals surface area (Å²) in [5.41, 5.74) is -0.181. The van der Waals surface area contributed by atoms with Gasteiger partial charge in [-0.2, -0.15) is 0 Å². The molecular weight excluding hydrogens is 371 g/mol. The Labute approximate surface area is 175 Å². The van der Waals surface area contributed by atoms with E-state index in [2.05, 4.69) is 32.4 Å². The highest BCUT2D eigenvalue weighted by molar-refractivity contribution is 5.69. The molecule has 2 fully saturated rings. The molecule has 4 nitrogen and oxygen atoms in total. The van der Waals surface area contributed by atoms with Crippen molar-refractivity contribution in [3.63, 3.8) is 0 Å². The number of halogens is 1. The molecule has 5 heteroatoms. The Kier molecular flexibility index (Phi) is 8.74. The molecule has 29 heavy (non-hydrogen) atoms. The predicted octanol–water partition coefficient (Wildman–Crippen LogP) is 5.36. The molecule has 0 bridgehead atoms. The summed E-state index contributed by atoms with van der Waals surface area (Å²) in [5.74, 6) is 0.362. The van der Waals surface area contributed by atoms with Crippen molar-refractivity contribution in [3.05, 3.63) is 24.0 Å². The van der Waals surface area contributed by atoms with Gasteiger partial charge in [-0.15, -0.1) is 0 Å². The topological polar surface area (TPSA) is 55.8 Å². The highest BCUT2D eigenvalue weighted by atomic mass is 19.1. The fourth-order valence-corrected chi connectivity index (χ4v) is 4.59. The van der Waals surface area contributed by atoms with Gasteiger partial charge in [-0.05, 0) is 49.0 Å². The van der Waals surface area contributed by atoms with Gasteiger partial charge in [0.05, 0.1) is 13.2 Å². The second-order valence-electron chi connectivity index (χ2n) is 9.42. The molecule has 6 atom stereocenters. The molecular formula is C24H39FO4. The molecule has 2 rings (SSSR count). The monoisotopic (exact) mass is 410 g/mol. The van der Waals surface area contributed by atoms with Crippen molar-refractivity contribution >= 4 is 5.97 Å². The molecule has 0 aromatic rings. The molecule has 0 spiro atoms. The largest absolute Gasteiger partial charge is 0.492 e. The number of allylic oxidation sites excluding steroid dienone is 3. The molecule has 0 unspecified atom stereocenters. The molecule has 1 N–H and O–H groups in total. The van der Waals surface area contributed by atoms with Gasteiger partial charge in [0.1, 0.15) is 11.9 Å². The van der Waals surface area contributed by atoms with E-state index in [1.807, 2.05) is 12.2 Å². The Morgan fingerprint density at radius 1 is 1.41 bits per heavy atom. The molecule has 1 saturated heterocycles. The summed E-state index contributed by atoms with van der Waals surface area (Å²) in [6.07, 6.45) is 9.50. The van der Waals surface area contributed by atoms with Crippen molar-refractivity contribution in [2.45, 2.75) is 91.0 Å². The number of carbonyl (C=O) groups is 1. The van der Waals surface area contributed by atoms with Crippen LogP contribution in [0.25, 0.3) is 0 Å². The first-order valence-electron chi connectivity index (χ1n) is 11.1. The molecule has 166 valence electrons. The third kappa shape index (κ3) is 6.07. The van der Waals surface area contributed by atoms with Gasteiger partial charge in [0.2, 0.25) is 0 Å². The van der Waals surface area contributed by atoms with Crippen LogP contribution in [0.2, 0.25) is 0 Å². The SMILES string of the molecule is CCCCC(C)(C)[C@H](O)C=C[C@@H]1[C@@H]2[C@H](C[C@H]1C)OC(=CCCCC(=O)OC)[C@H]2F. The highest BCUT2D eigenvalue weighted by Gasteiger charge is 2.52. The van der Waals surface area contributed by atoms with Crippen LogP contribution in [0.4, 0.5) is 4.39 Å². The molecule has 0 aromatic heterocycles. The van der Waals surface area contributed by atoms with Crippen LogP contribution < -0.4 is 0 Å². The third-order valence-corrected chi connectivity index (χ3v) is 6.68. The normalized spacial score (nSPS) is 31.8. The van der Waals surface area contributed by atoms with Crippen LogP contribution in [0.5, 0.6) is 0 Å². The lowest BCUT2D eigenvalue weighted by molar-refractivity contribution is -0.140. The maximum absolute atomic E-state index is 15.2. The van der Waals surface area contributed by atoms with Gasteiger partial charge < -0.3 is 14.6 Å². The quantitative estimate of drug-likeness (QED) is 0.299. The van der Waals surface area contributed by atoms with E-state index in [-0.39, 0.29) is 29.3 Å². The van der Waals surface area contributed by atoms with Crippen LogP contribution in [-0.4, -0.2) is 36.6 Å². The van der Waals surface area contributed by atoms with E-state index in [4.69, 9.17) is 4.74 Å². The third-order valence-electron chi connectivity index (χ3n) is 6.68. The number of rotatable bonds is 10. The summed E-state index contributed by atoms with van der Waals surface area (Å²) >= 11 is 0. The van der Waals surface area contributed by atoms with Gasteiger partial charge in [-0.25, -0.2) is 4.39 Å². The van der Waals surface area contributed by atoms with Crippen molar-refractivity contribution in [2.75, 3.05) is 7.11 Å². The number of hydrogen-bond donors (Lipinski definition) is 1. The van der Waals surface area contributed by atoms with Gasteiger partial charge in [-0.3, -0.25) is 4.79 Å². The maximum Gasteiger partial charge on any atom is 0.305 e. The molecule has 1 aliphatic heterocycles. The summed E-state index contributed by atoms with van der Waals surface area (Å²) in [6.45, 7) is 8.47. The summed E-state index contributed by atoms with van der Waals surface area (Å²) in [6, 6.07) is 0. The number of aliphatic hydroxyl groups excluding tert-OH is 1. The number of esters is 1. The van der Waals surface area contributed by atoms with E-state index < -0.39 is 12.3 Å². The number of methoxy groups -OCH3 is 1.